The van der Waals surface area contributed by atoms with Gasteiger partial charge in [-0.25, -0.2) is 0 Å². The molecule has 2 aromatic rings. The number of para-hydroxylation sites is 1. The highest BCUT2D eigenvalue weighted by molar-refractivity contribution is 5.88. The van der Waals surface area contributed by atoms with Crippen molar-refractivity contribution < 1.29 is 13.2 Å². The monoisotopic (exact) mass is 397 g/mol. The van der Waals surface area contributed by atoms with Crippen LogP contribution in [0.1, 0.15) is 48.8 Å². The summed E-state index contributed by atoms with van der Waals surface area (Å²) in [5, 5.41) is 0. The Kier molecular flexibility index (Phi) is 4.19. The lowest BCUT2D eigenvalue weighted by Crippen LogP contribution is -2.36. The summed E-state index contributed by atoms with van der Waals surface area (Å²) in [6, 6.07) is 12.1. The fourth-order valence-electron chi connectivity index (χ4n) is 4.65. The molecule has 29 heavy (non-hydrogen) atoms. The Morgan fingerprint density at radius 1 is 1.03 bits per heavy atom. The van der Waals surface area contributed by atoms with Gasteiger partial charge in [0.1, 0.15) is 11.7 Å². The maximum Gasteiger partial charge on any atom is 0.416 e. The fourth-order valence-corrected chi connectivity index (χ4v) is 4.65. The first-order valence-electron chi connectivity index (χ1n) is 10.1. The molecule has 0 saturated carbocycles. The average molecular weight is 397 g/mol. The van der Waals surface area contributed by atoms with E-state index in [-0.39, 0.29) is 5.92 Å². The Bertz CT molecular complexity index is 1020. The van der Waals surface area contributed by atoms with Crippen molar-refractivity contribution in [2.24, 2.45) is 4.99 Å². The maximum atomic E-state index is 13.4. The van der Waals surface area contributed by atoms with Gasteiger partial charge in [0.05, 0.1) is 16.9 Å². The minimum absolute atomic E-state index is 0.112. The minimum atomic E-state index is -4.35. The van der Waals surface area contributed by atoms with E-state index >= 15 is 0 Å². The Hall–Kier alpha value is -2.76. The summed E-state index contributed by atoms with van der Waals surface area (Å²) < 4.78 is 40.2. The molecule has 0 saturated heterocycles. The molecule has 0 aromatic heterocycles. The summed E-state index contributed by atoms with van der Waals surface area (Å²) in [7, 11) is 0. The van der Waals surface area contributed by atoms with Gasteiger partial charge < -0.3 is 4.90 Å². The van der Waals surface area contributed by atoms with Crippen LogP contribution in [0.2, 0.25) is 0 Å². The summed E-state index contributed by atoms with van der Waals surface area (Å²) in [5.74, 6) is 1.98. The standard InChI is InChI=1S/C23H22F3N3/c1-15-17-6-2-3-7-19(17)29(20-11-10-16(14-18(15)20)23(24,25)26)22-9-5-13-28(22)21-8-4-12-27-21/h2-3,6-7,9-11,14-15H,4-5,8,12-13H2,1H3. The first kappa shape index (κ1) is 18.3. The largest absolute Gasteiger partial charge is 0.416 e. The molecule has 0 bridgehead atoms. The number of alkyl halides is 3. The summed E-state index contributed by atoms with van der Waals surface area (Å²) in [5.41, 5.74) is 3.00. The van der Waals surface area contributed by atoms with Crippen LogP contribution in [0.5, 0.6) is 0 Å². The summed E-state index contributed by atoms with van der Waals surface area (Å²) in [4.78, 5) is 9.02. The van der Waals surface area contributed by atoms with E-state index in [1.54, 1.807) is 6.07 Å². The molecule has 0 spiro atoms. The SMILES string of the molecule is CC1c2ccccc2N(C2=CCCN2C2=NCCC2)c2ccc(C(F)(F)F)cc21. The van der Waals surface area contributed by atoms with Gasteiger partial charge in [0.15, 0.2) is 0 Å². The van der Waals surface area contributed by atoms with Gasteiger partial charge in [-0.15, -0.1) is 0 Å². The van der Waals surface area contributed by atoms with Crippen LogP contribution in [0.3, 0.4) is 0 Å². The number of hydrogen-bond acceptors (Lipinski definition) is 3. The number of fused-ring (bicyclic) bond motifs is 2. The van der Waals surface area contributed by atoms with Crippen molar-refractivity contribution in [2.75, 3.05) is 18.0 Å². The third kappa shape index (κ3) is 2.93. The number of halogens is 3. The lowest BCUT2D eigenvalue weighted by atomic mass is 9.85. The first-order valence-corrected chi connectivity index (χ1v) is 10.1. The average Bonchev–Trinajstić information content (AvgIpc) is 3.39. The van der Waals surface area contributed by atoms with E-state index in [4.69, 9.17) is 0 Å². The molecule has 5 rings (SSSR count). The molecule has 3 heterocycles. The van der Waals surface area contributed by atoms with Gasteiger partial charge >= 0.3 is 6.18 Å². The topological polar surface area (TPSA) is 18.8 Å². The smallest absolute Gasteiger partial charge is 0.316 e. The van der Waals surface area contributed by atoms with Gasteiger partial charge in [0.2, 0.25) is 0 Å². The van der Waals surface area contributed by atoms with Crippen LogP contribution in [0.25, 0.3) is 0 Å². The number of nitrogens with zero attached hydrogens (tertiary/aromatic N) is 3. The number of anilines is 2. The highest BCUT2D eigenvalue weighted by atomic mass is 19.4. The zero-order valence-electron chi connectivity index (χ0n) is 16.2. The second kappa shape index (κ2) is 6.65. The molecular formula is C23H22F3N3. The van der Waals surface area contributed by atoms with Gasteiger partial charge in [0, 0.05) is 25.4 Å². The van der Waals surface area contributed by atoms with Gasteiger partial charge in [0.25, 0.3) is 0 Å². The lowest BCUT2D eigenvalue weighted by Gasteiger charge is -2.40. The van der Waals surface area contributed by atoms with Gasteiger partial charge in [-0.05, 0) is 54.3 Å². The zero-order valence-corrected chi connectivity index (χ0v) is 16.2. The van der Waals surface area contributed by atoms with Crippen LogP contribution in [0.15, 0.2) is 59.4 Å². The van der Waals surface area contributed by atoms with Crippen molar-refractivity contribution in [2.45, 2.75) is 38.3 Å². The third-order valence-electron chi connectivity index (χ3n) is 6.06. The zero-order chi connectivity index (χ0) is 20.2. The van der Waals surface area contributed by atoms with Crippen LogP contribution in [0, 0.1) is 0 Å². The molecule has 0 fully saturated rings. The molecule has 3 aliphatic heterocycles. The van der Waals surface area contributed by atoms with E-state index < -0.39 is 11.7 Å². The van der Waals surface area contributed by atoms with Crippen molar-refractivity contribution >= 4 is 17.2 Å². The Balaban J connectivity index is 1.67. The van der Waals surface area contributed by atoms with Crippen LogP contribution in [-0.2, 0) is 6.18 Å². The van der Waals surface area contributed by atoms with Gasteiger partial charge in [-0.2, -0.15) is 13.2 Å². The summed E-state index contributed by atoms with van der Waals surface area (Å²) in [6.07, 6.45) is 0.725. The van der Waals surface area contributed by atoms with Crippen molar-refractivity contribution in [3.8, 4) is 0 Å². The van der Waals surface area contributed by atoms with Crippen LogP contribution in [-0.4, -0.2) is 23.8 Å². The Morgan fingerprint density at radius 3 is 2.59 bits per heavy atom. The van der Waals surface area contributed by atoms with Crippen molar-refractivity contribution in [1.29, 1.82) is 0 Å². The number of benzene rings is 2. The van der Waals surface area contributed by atoms with E-state index in [2.05, 4.69) is 26.9 Å². The number of aliphatic imine (C=N–C) groups is 1. The molecular weight excluding hydrogens is 375 g/mol. The molecule has 1 unspecified atom stereocenters. The molecule has 2 aromatic carbocycles. The molecule has 3 nitrogen and oxygen atoms in total. The van der Waals surface area contributed by atoms with Crippen molar-refractivity contribution in [3.63, 3.8) is 0 Å². The highest BCUT2D eigenvalue weighted by Gasteiger charge is 2.37. The normalized spacial score (nSPS) is 21.0. The number of amidine groups is 1. The van der Waals surface area contributed by atoms with Crippen LogP contribution < -0.4 is 4.90 Å². The van der Waals surface area contributed by atoms with Gasteiger partial charge in [-0.3, -0.25) is 9.89 Å². The van der Waals surface area contributed by atoms with E-state index in [1.807, 2.05) is 25.1 Å². The predicted octanol–water partition coefficient (Wildman–Crippen LogP) is 6.05. The predicted molar refractivity (Wildman–Crippen MR) is 108 cm³/mol. The van der Waals surface area contributed by atoms with Crippen LogP contribution in [0.4, 0.5) is 24.5 Å². The molecule has 6 heteroatoms. The lowest BCUT2D eigenvalue weighted by molar-refractivity contribution is -0.137. The van der Waals surface area contributed by atoms with Crippen LogP contribution >= 0.6 is 0 Å². The summed E-state index contributed by atoms with van der Waals surface area (Å²) in [6.45, 7) is 3.69. The second-order valence-electron chi connectivity index (χ2n) is 7.79. The Labute approximate surface area is 168 Å². The molecule has 1 atom stereocenters. The molecule has 150 valence electrons. The molecule has 0 N–H and O–H groups in total. The first-order chi connectivity index (χ1) is 13.9. The highest BCUT2D eigenvalue weighted by Crippen LogP contribution is 2.49. The second-order valence-corrected chi connectivity index (χ2v) is 7.79. The molecule has 0 aliphatic carbocycles. The van der Waals surface area contributed by atoms with E-state index in [0.717, 1.165) is 60.9 Å². The quantitative estimate of drug-likeness (QED) is 0.583. The van der Waals surface area contributed by atoms with E-state index in [9.17, 15) is 13.2 Å². The fraction of sp³-hybridized carbons (Fsp3) is 0.348. The molecule has 3 aliphatic rings. The Morgan fingerprint density at radius 2 is 1.83 bits per heavy atom. The van der Waals surface area contributed by atoms with E-state index in [1.165, 1.54) is 12.1 Å². The molecule has 0 radical (unpaired) electrons. The minimum Gasteiger partial charge on any atom is -0.316 e. The van der Waals surface area contributed by atoms with E-state index in [0.29, 0.717) is 5.56 Å². The summed E-state index contributed by atoms with van der Waals surface area (Å²) >= 11 is 0. The van der Waals surface area contributed by atoms with Gasteiger partial charge in [-0.1, -0.05) is 25.1 Å². The molecule has 0 amide bonds. The van der Waals surface area contributed by atoms with Crippen molar-refractivity contribution in [3.05, 3.63) is 71.1 Å². The maximum absolute atomic E-state index is 13.4. The number of rotatable bonds is 1. The van der Waals surface area contributed by atoms with Crippen molar-refractivity contribution in [1.82, 2.24) is 4.90 Å². The third-order valence-corrected chi connectivity index (χ3v) is 6.06. The number of hydrogen-bond donors (Lipinski definition) is 0.